The van der Waals surface area contributed by atoms with Gasteiger partial charge in [-0.3, -0.25) is 4.90 Å². The first-order valence-electron chi connectivity index (χ1n) is 10.4. The average molecular weight is 492 g/mol. The molecule has 2 heterocycles. The van der Waals surface area contributed by atoms with E-state index in [1.165, 1.54) is 5.56 Å². The van der Waals surface area contributed by atoms with Crippen LogP contribution < -0.4 is 15.1 Å². The highest BCUT2D eigenvalue weighted by molar-refractivity contribution is 6.49. The van der Waals surface area contributed by atoms with Crippen molar-refractivity contribution in [3.8, 4) is 0 Å². The number of benzene rings is 2. The summed E-state index contributed by atoms with van der Waals surface area (Å²) < 4.78 is 0. The molecule has 0 atom stereocenters. The van der Waals surface area contributed by atoms with Crippen LogP contribution in [0.25, 0.3) is 0 Å². The van der Waals surface area contributed by atoms with Crippen molar-refractivity contribution in [2.24, 2.45) is 0 Å². The van der Waals surface area contributed by atoms with Crippen LogP contribution >= 0.6 is 34.8 Å². The van der Waals surface area contributed by atoms with Gasteiger partial charge < -0.3 is 15.1 Å². The Morgan fingerprint density at radius 3 is 2.31 bits per heavy atom. The molecule has 0 bridgehead atoms. The molecule has 1 fully saturated rings. The van der Waals surface area contributed by atoms with E-state index in [0.717, 1.165) is 38.5 Å². The first-order chi connectivity index (χ1) is 15.4. The van der Waals surface area contributed by atoms with Gasteiger partial charge in [-0.25, -0.2) is 0 Å². The molecular weight excluding hydrogens is 467 g/mol. The smallest absolute Gasteiger partial charge is 0.229 e. The fraction of sp³-hybridized carbons (Fsp3) is 0.304. The number of hydrogen-bond donors (Lipinski definition) is 1. The second-order valence-electron chi connectivity index (χ2n) is 7.90. The van der Waals surface area contributed by atoms with E-state index in [4.69, 9.17) is 44.8 Å². The second-order valence-corrected chi connectivity index (χ2v) is 9.07. The highest BCUT2D eigenvalue weighted by atomic mass is 35.5. The normalized spacial score (nSPS) is 14.5. The number of nitrogens with zero attached hydrogens (tertiary/aromatic N) is 5. The largest absolute Gasteiger partial charge is 0.363 e. The third kappa shape index (κ3) is 5.38. The van der Waals surface area contributed by atoms with E-state index in [1.54, 1.807) is 12.1 Å². The molecule has 3 aromatic rings. The Hall–Kier alpha value is -2.25. The summed E-state index contributed by atoms with van der Waals surface area (Å²) in [6, 6.07) is 15.9. The summed E-state index contributed by atoms with van der Waals surface area (Å²) in [5.74, 6) is 2.14. The number of nitrogens with one attached hydrogen (secondary N) is 1. The van der Waals surface area contributed by atoms with Crippen molar-refractivity contribution in [1.82, 2.24) is 14.9 Å². The summed E-state index contributed by atoms with van der Waals surface area (Å²) in [5, 5.41) is 4.35. The predicted octanol–water partition coefficient (Wildman–Crippen LogP) is 5.57. The Bertz CT molecular complexity index is 1070. The lowest BCUT2D eigenvalue weighted by Crippen LogP contribution is -2.46. The highest BCUT2D eigenvalue weighted by Crippen LogP contribution is 2.37. The molecule has 0 unspecified atom stereocenters. The van der Waals surface area contributed by atoms with Crippen LogP contribution in [-0.4, -0.2) is 55.1 Å². The lowest BCUT2D eigenvalue weighted by Gasteiger charge is -2.35. The van der Waals surface area contributed by atoms with Crippen LogP contribution in [0, 0.1) is 0 Å². The van der Waals surface area contributed by atoms with Crippen LogP contribution in [0.5, 0.6) is 0 Å². The summed E-state index contributed by atoms with van der Waals surface area (Å²) in [6.45, 7) is 4.57. The lowest BCUT2D eigenvalue weighted by atomic mass is 10.2. The van der Waals surface area contributed by atoms with Crippen molar-refractivity contribution < 1.29 is 0 Å². The van der Waals surface area contributed by atoms with Gasteiger partial charge in [0.15, 0.2) is 0 Å². The van der Waals surface area contributed by atoms with Crippen molar-refractivity contribution in [3.05, 3.63) is 69.2 Å². The quantitative estimate of drug-likeness (QED) is 0.455. The number of anilines is 4. The molecule has 6 nitrogen and oxygen atoms in total. The third-order valence-corrected chi connectivity index (χ3v) is 6.65. The van der Waals surface area contributed by atoms with Crippen LogP contribution in [-0.2, 0) is 6.54 Å². The average Bonchev–Trinajstić information content (AvgIpc) is 2.80. The molecule has 0 spiro atoms. The first-order valence-corrected chi connectivity index (χ1v) is 11.5. The fourth-order valence-corrected chi connectivity index (χ4v) is 4.15. The van der Waals surface area contributed by atoms with Crippen molar-refractivity contribution in [1.29, 1.82) is 0 Å². The maximum atomic E-state index is 6.37. The molecule has 0 amide bonds. The first kappa shape index (κ1) is 22.9. The molecule has 0 radical (unpaired) electrons. The zero-order valence-electron chi connectivity index (χ0n) is 18.0. The number of rotatable bonds is 6. The van der Waals surface area contributed by atoms with Gasteiger partial charge in [-0.05, 0) is 17.7 Å². The van der Waals surface area contributed by atoms with Gasteiger partial charge in [-0.2, -0.15) is 9.97 Å². The lowest BCUT2D eigenvalue weighted by molar-refractivity contribution is 0.249. The van der Waals surface area contributed by atoms with Gasteiger partial charge >= 0.3 is 0 Å². The third-order valence-electron chi connectivity index (χ3n) is 5.36. The Labute approximate surface area is 203 Å². The predicted molar refractivity (Wildman–Crippen MR) is 135 cm³/mol. The molecule has 9 heteroatoms. The molecule has 4 rings (SSSR count). The van der Waals surface area contributed by atoms with Gasteiger partial charge in [-0.15, -0.1) is 0 Å². The summed E-state index contributed by atoms with van der Waals surface area (Å²) in [6.07, 6.45) is 0. The molecule has 168 valence electrons. The Morgan fingerprint density at radius 2 is 1.62 bits per heavy atom. The van der Waals surface area contributed by atoms with Gasteiger partial charge in [0.25, 0.3) is 0 Å². The number of aromatic nitrogens is 2. The van der Waals surface area contributed by atoms with E-state index in [9.17, 15) is 0 Å². The molecule has 1 N–H and O–H groups in total. The van der Waals surface area contributed by atoms with Gasteiger partial charge in [0, 0.05) is 52.9 Å². The molecule has 1 aliphatic heterocycles. The van der Waals surface area contributed by atoms with Crippen molar-refractivity contribution in [2.45, 2.75) is 6.54 Å². The van der Waals surface area contributed by atoms with Crippen molar-refractivity contribution >= 4 is 58.1 Å². The summed E-state index contributed by atoms with van der Waals surface area (Å²) >= 11 is 18.6. The molecule has 2 aromatic carbocycles. The Kier molecular flexibility index (Phi) is 7.26. The number of hydrogen-bond acceptors (Lipinski definition) is 6. The minimum Gasteiger partial charge on any atom is -0.363 e. The minimum atomic E-state index is 0.315. The number of piperazine rings is 1. The van der Waals surface area contributed by atoms with E-state index in [1.807, 2.05) is 31.1 Å². The van der Waals surface area contributed by atoms with Gasteiger partial charge in [0.1, 0.15) is 11.6 Å². The van der Waals surface area contributed by atoms with E-state index >= 15 is 0 Å². The van der Waals surface area contributed by atoms with Gasteiger partial charge in [0.05, 0.1) is 20.8 Å². The molecule has 0 saturated carbocycles. The van der Waals surface area contributed by atoms with Gasteiger partial charge in [0.2, 0.25) is 5.95 Å². The Morgan fingerprint density at radius 1 is 0.906 bits per heavy atom. The molecular formula is C23H25Cl3N6. The zero-order chi connectivity index (χ0) is 22.7. The molecule has 1 aliphatic rings. The molecule has 1 saturated heterocycles. The summed E-state index contributed by atoms with van der Waals surface area (Å²) in [7, 11) is 3.92. The van der Waals surface area contributed by atoms with Crippen LogP contribution in [0.15, 0.2) is 48.5 Å². The maximum absolute atomic E-state index is 6.37. The van der Waals surface area contributed by atoms with Crippen molar-refractivity contribution in [2.75, 3.05) is 55.4 Å². The molecule has 32 heavy (non-hydrogen) atoms. The van der Waals surface area contributed by atoms with E-state index < -0.39 is 0 Å². The van der Waals surface area contributed by atoms with Crippen LogP contribution in [0.1, 0.15) is 5.56 Å². The second kappa shape index (κ2) is 10.1. The minimum absolute atomic E-state index is 0.315. The number of halogens is 3. The SMILES string of the molecule is CN(C)c1cc(Nc2ccc(Cl)c(Cl)c2Cl)nc(N2CCN(Cc3ccccc3)CC2)n1. The van der Waals surface area contributed by atoms with E-state index in [-0.39, 0.29) is 0 Å². The monoisotopic (exact) mass is 490 g/mol. The summed E-state index contributed by atoms with van der Waals surface area (Å²) in [5.41, 5.74) is 1.97. The van der Waals surface area contributed by atoms with E-state index in [2.05, 4.69) is 39.4 Å². The zero-order valence-corrected chi connectivity index (χ0v) is 20.3. The molecule has 0 aliphatic carbocycles. The van der Waals surface area contributed by atoms with Crippen LogP contribution in [0.3, 0.4) is 0 Å². The van der Waals surface area contributed by atoms with Crippen LogP contribution in [0.4, 0.5) is 23.3 Å². The maximum Gasteiger partial charge on any atom is 0.229 e. The van der Waals surface area contributed by atoms with Gasteiger partial charge in [-0.1, -0.05) is 65.1 Å². The highest BCUT2D eigenvalue weighted by Gasteiger charge is 2.21. The Balaban J connectivity index is 1.51. The van der Waals surface area contributed by atoms with E-state index in [0.29, 0.717) is 32.5 Å². The fourth-order valence-electron chi connectivity index (χ4n) is 3.56. The van der Waals surface area contributed by atoms with Crippen LogP contribution in [0.2, 0.25) is 15.1 Å². The molecule has 1 aromatic heterocycles. The topological polar surface area (TPSA) is 47.5 Å². The standard InChI is InChI=1S/C23H25Cl3N6/c1-30(2)20-14-19(27-18-9-8-17(24)21(25)22(18)26)28-23(29-20)32-12-10-31(11-13-32)15-16-6-4-3-5-7-16/h3-9,14H,10-13,15H2,1-2H3,(H,27,28,29). The summed E-state index contributed by atoms with van der Waals surface area (Å²) in [4.78, 5) is 16.2. The van der Waals surface area contributed by atoms with Crippen molar-refractivity contribution in [3.63, 3.8) is 0 Å².